The molecule has 0 spiro atoms. The maximum absolute atomic E-state index is 11.6. The highest BCUT2D eigenvalue weighted by atomic mass is 79.9. The van der Waals surface area contributed by atoms with Crippen LogP contribution in [0.5, 0.6) is 5.75 Å². The molecule has 0 radical (unpaired) electrons. The summed E-state index contributed by atoms with van der Waals surface area (Å²) in [7, 11) is 1.66. The van der Waals surface area contributed by atoms with Crippen LogP contribution in [0.2, 0.25) is 0 Å². The van der Waals surface area contributed by atoms with Gasteiger partial charge in [0.2, 0.25) is 5.91 Å². The Bertz CT molecular complexity index is 408. The SMILES string of the molecule is COCCNCCNC(=O)CCOc1ccccc1Br.Cl. The van der Waals surface area contributed by atoms with Gasteiger partial charge in [-0.15, -0.1) is 12.4 Å². The first kappa shape index (κ1) is 20.2. The minimum Gasteiger partial charge on any atom is -0.492 e. The molecule has 0 aliphatic carbocycles. The van der Waals surface area contributed by atoms with Gasteiger partial charge in [-0.1, -0.05) is 12.1 Å². The highest BCUT2D eigenvalue weighted by Crippen LogP contribution is 2.23. The Labute approximate surface area is 140 Å². The molecule has 1 aromatic carbocycles. The van der Waals surface area contributed by atoms with Crippen LogP contribution >= 0.6 is 28.3 Å². The van der Waals surface area contributed by atoms with Crippen molar-refractivity contribution in [1.82, 2.24) is 10.6 Å². The van der Waals surface area contributed by atoms with Crippen LogP contribution in [-0.4, -0.2) is 45.9 Å². The second-order valence-electron chi connectivity index (χ2n) is 4.12. The Morgan fingerprint density at radius 2 is 1.95 bits per heavy atom. The molecular weight excluding hydrogens is 360 g/mol. The minimum absolute atomic E-state index is 0. The number of carbonyl (C=O) groups excluding carboxylic acids is 1. The van der Waals surface area contributed by atoms with Gasteiger partial charge in [-0.3, -0.25) is 4.79 Å². The number of rotatable bonds is 10. The van der Waals surface area contributed by atoms with Crippen molar-refractivity contribution in [3.05, 3.63) is 28.7 Å². The molecule has 21 heavy (non-hydrogen) atoms. The number of halogens is 2. The lowest BCUT2D eigenvalue weighted by Gasteiger charge is -2.09. The van der Waals surface area contributed by atoms with Crippen molar-refractivity contribution in [1.29, 1.82) is 0 Å². The number of benzene rings is 1. The summed E-state index contributed by atoms with van der Waals surface area (Å²) in [5.74, 6) is 0.743. The molecule has 1 rings (SSSR count). The standard InChI is InChI=1S/C14H21BrN2O3.ClH/c1-19-11-9-16-7-8-17-14(18)6-10-20-13-5-3-2-4-12(13)15;/h2-5,16H,6-11H2,1H3,(H,17,18);1H. The number of hydrogen-bond donors (Lipinski definition) is 2. The van der Waals surface area contributed by atoms with Crippen molar-refractivity contribution < 1.29 is 14.3 Å². The third kappa shape index (κ3) is 9.68. The predicted molar refractivity (Wildman–Crippen MR) is 89.3 cm³/mol. The third-order valence-corrected chi connectivity index (χ3v) is 3.19. The first-order chi connectivity index (χ1) is 9.74. The molecule has 0 bridgehead atoms. The average molecular weight is 382 g/mol. The van der Waals surface area contributed by atoms with Crippen LogP contribution < -0.4 is 15.4 Å². The highest BCUT2D eigenvalue weighted by molar-refractivity contribution is 9.10. The molecule has 0 unspecified atom stereocenters. The normalized spacial score (nSPS) is 9.81. The number of nitrogens with one attached hydrogen (secondary N) is 2. The molecule has 0 aliphatic rings. The second kappa shape index (κ2) is 12.9. The van der Waals surface area contributed by atoms with Crippen molar-refractivity contribution in [2.24, 2.45) is 0 Å². The molecule has 0 atom stereocenters. The number of carbonyl (C=O) groups is 1. The van der Waals surface area contributed by atoms with E-state index in [1.54, 1.807) is 7.11 Å². The van der Waals surface area contributed by atoms with Gasteiger partial charge in [0.25, 0.3) is 0 Å². The Hall–Kier alpha value is -0.820. The summed E-state index contributed by atoms with van der Waals surface area (Å²) in [5.41, 5.74) is 0. The molecule has 120 valence electrons. The van der Waals surface area contributed by atoms with E-state index in [2.05, 4.69) is 26.6 Å². The molecule has 1 aromatic rings. The molecule has 0 saturated carbocycles. The first-order valence-corrected chi connectivity index (χ1v) is 7.37. The van der Waals surface area contributed by atoms with Crippen molar-refractivity contribution in [2.75, 3.05) is 40.0 Å². The van der Waals surface area contributed by atoms with E-state index in [-0.39, 0.29) is 18.3 Å². The van der Waals surface area contributed by atoms with Gasteiger partial charge in [-0.2, -0.15) is 0 Å². The Morgan fingerprint density at radius 3 is 2.67 bits per heavy atom. The maximum Gasteiger partial charge on any atom is 0.223 e. The minimum atomic E-state index is -0.00871. The zero-order chi connectivity index (χ0) is 14.6. The smallest absolute Gasteiger partial charge is 0.223 e. The van der Waals surface area contributed by atoms with E-state index in [9.17, 15) is 4.79 Å². The van der Waals surface area contributed by atoms with Gasteiger partial charge in [0.05, 0.1) is 24.1 Å². The molecule has 7 heteroatoms. The van der Waals surface area contributed by atoms with Gasteiger partial charge >= 0.3 is 0 Å². The summed E-state index contributed by atoms with van der Waals surface area (Å²) in [6.07, 6.45) is 0.347. The molecule has 1 amide bonds. The molecule has 0 aromatic heterocycles. The number of para-hydroxylation sites is 1. The average Bonchev–Trinajstić information content (AvgIpc) is 2.45. The topological polar surface area (TPSA) is 59.6 Å². The number of hydrogen-bond acceptors (Lipinski definition) is 4. The Morgan fingerprint density at radius 1 is 1.19 bits per heavy atom. The molecular formula is C14H22BrClN2O3. The molecule has 0 fully saturated rings. The van der Waals surface area contributed by atoms with E-state index in [0.29, 0.717) is 26.2 Å². The largest absolute Gasteiger partial charge is 0.492 e. The van der Waals surface area contributed by atoms with Crippen LogP contribution in [0.4, 0.5) is 0 Å². The molecule has 0 saturated heterocycles. The lowest BCUT2D eigenvalue weighted by Crippen LogP contribution is -2.33. The third-order valence-electron chi connectivity index (χ3n) is 2.53. The molecule has 2 N–H and O–H groups in total. The zero-order valence-corrected chi connectivity index (χ0v) is 14.5. The fourth-order valence-corrected chi connectivity index (χ4v) is 1.89. The van der Waals surface area contributed by atoms with Crippen LogP contribution in [0, 0.1) is 0 Å². The lowest BCUT2D eigenvalue weighted by atomic mass is 10.3. The van der Waals surface area contributed by atoms with E-state index >= 15 is 0 Å². The van der Waals surface area contributed by atoms with E-state index < -0.39 is 0 Å². The first-order valence-electron chi connectivity index (χ1n) is 6.57. The van der Waals surface area contributed by atoms with Gasteiger partial charge in [-0.05, 0) is 28.1 Å². The van der Waals surface area contributed by atoms with Gasteiger partial charge in [0, 0.05) is 26.7 Å². The fraction of sp³-hybridized carbons (Fsp3) is 0.500. The number of methoxy groups -OCH3 is 1. The molecule has 5 nitrogen and oxygen atoms in total. The van der Waals surface area contributed by atoms with E-state index in [1.165, 1.54) is 0 Å². The maximum atomic E-state index is 11.6. The fourth-order valence-electron chi connectivity index (χ4n) is 1.49. The molecule has 0 aliphatic heterocycles. The van der Waals surface area contributed by atoms with Gasteiger partial charge in [-0.25, -0.2) is 0 Å². The summed E-state index contributed by atoms with van der Waals surface area (Å²) >= 11 is 3.39. The second-order valence-corrected chi connectivity index (χ2v) is 4.98. The summed E-state index contributed by atoms with van der Waals surface area (Å²) in [6, 6.07) is 7.58. The zero-order valence-electron chi connectivity index (χ0n) is 12.1. The van der Waals surface area contributed by atoms with Crippen molar-refractivity contribution in [2.45, 2.75) is 6.42 Å². The van der Waals surface area contributed by atoms with E-state index in [4.69, 9.17) is 9.47 Å². The highest BCUT2D eigenvalue weighted by Gasteiger charge is 2.03. The van der Waals surface area contributed by atoms with Gasteiger partial charge < -0.3 is 20.1 Å². The number of amides is 1. The summed E-state index contributed by atoms with van der Waals surface area (Å²) in [5, 5.41) is 5.98. The van der Waals surface area contributed by atoms with E-state index in [1.807, 2.05) is 24.3 Å². The van der Waals surface area contributed by atoms with Gasteiger partial charge in [0.1, 0.15) is 5.75 Å². The van der Waals surface area contributed by atoms with E-state index in [0.717, 1.165) is 23.3 Å². The monoisotopic (exact) mass is 380 g/mol. The Kier molecular flexibility index (Phi) is 12.4. The summed E-state index contributed by atoms with van der Waals surface area (Å²) in [4.78, 5) is 11.6. The van der Waals surface area contributed by atoms with Crippen LogP contribution in [0.15, 0.2) is 28.7 Å². The summed E-state index contributed by atoms with van der Waals surface area (Å²) < 4.78 is 11.3. The molecule has 0 heterocycles. The predicted octanol–water partition coefficient (Wildman–Crippen LogP) is 1.99. The van der Waals surface area contributed by atoms with Gasteiger partial charge in [0.15, 0.2) is 0 Å². The quantitative estimate of drug-likeness (QED) is 0.609. The van der Waals surface area contributed by atoms with Crippen molar-refractivity contribution in [3.8, 4) is 5.75 Å². The lowest BCUT2D eigenvalue weighted by molar-refractivity contribution is -0.121. The van der Waals surface area contributed by atoms with Crippen molar-refractivity contribution in [3.63, 3.8) is 0 Å². The summed E-state index contributed by atoms with van der Waals surface area (Å²) in [6.45, 7) is 3.18. The van der Waals surface area contributed by atoms with Crippen LogP contribution in [0.3, 0.4) is 0 Å². The van der Waals surface area contributed by atoms with Crippen molar-refractivity contribution >= 4 is 34.2 Å². The van der Waals surface area contributed by atoms with Crippen LogP contribution in [0.1, 0.15) is 6.42 Å². The Balaban J connectivity index is 0.00000400. The number of ether oxygens (including phenoxy) is 2. The van der Waals surface area contributed by atoms with Crippen LogP contribution in [-0.2, 0) is 9.53 Å². The van der Waals surface area contributed by atoms with Crippen LogP contribution in [0.25, 0.3) is 0 Å².